The van der Waals surface area contributed by atoms with Crippen LogP contribution in [0.5, 0.6) is 0 Å². The van der Waals surface area contributed by atoms with Gasteiger partial charge in [0.15, 0.2) is 0 Å². The second kappa shape index (κ2) is 8.47. The molecule has 0 bridgehead atoms. The second-order valence-electron chi connectivity index (χ2n) is 5.47. The predicted molar refractivity (Wildman–Crippen MR) is 73.5 cm³/mol. The third-order valence-electron chi connectivity index (χ3n) is 2.95. The van der Waals surface area contributed by atoms with Gasteiger partial charge in [0, 0.05) is 6.61 Å². The molecule has 0 aromatic heterocycles. The van der Waals surface area contributed by atoms with Crippen LogP contribution in [-0.4, -0.2) is 38.0 Å². The van der Waals surface area contributed by atoms with Gasteiger partial charge in [0.1, 0.15) is 5.54 Å². The van der Waals surface area contributed by atoms with Gasteiger partial charge < -0.3 is 14.8 Å². The Morgan fingerprint density at radius 2 is 1.83 bits per heavy atom. The fraction of sp³-hybridized carbons (Fsp3) is 0.929. The molecule has 106 valence electrons. The highest BCUT2D eigenvalue weighted by Gasteiger charge is 2.24. The zero-order chi connectivity index (χ0) is 14.1. The molecule has 0 amide bonds. The summed E-state index contributed by atoms with van der Waals surface area (Å²) in [5.74, 6) is 0. The van der Waals surface area contributed by atoms with Crippen molar-refractivity contribution in [2.45, 2.75) is 58.1 Å². The average Bonchev–Trinajstić information content (AvgIpc) is 2.32. The molecule has 0 radical (unpaired) electrons. The number of nitrogens with one attached hydrogen (secondary N) is 1. The van der Waals surface area contributed by atoms with Crippen molar-refractivity contribution < 1.29 is 9.47 Å². The lowest BCUT2D eigenvalue weighted by Gasteiger charge is -2.24. The van der Waals surface area contributed by atoms with Crippen LogP contribution >= 0.6 is 0 Å². The van der Waals surface area contributed by atoms with Crippen molar-refractivity contribution in [3.8, 4) is 6.07 Å². The van der Waals surface area contributed by atoms with Crippen LogP contribution < -0.4 is 5.32 Å². The van der Waals surface area contributed by atoms with Crippen molar-refractivity contribution in [2.75, 3.05) is 26.9 Å². The first-order valence-electron chi connectivity index (χ1n) is 6.71. The van der Waals surface area contributed by atoms with Crippen LogP contribution in [0, 0.1) is 11.3 Å². The van der Waals surface area contributed by atoms with E-state index in [1.54, 1.807) is 0 Å². The lowest BCUT2D eigenvalue weighted by molar-refractivity contribution is -0.0354. The molecule has 0 aromatic carbocycles. The van der Waals surface area contributed by atoms with Gasteiger partial charge in [-0.1, -0.05) is 6.92 Å². The number of nitriles is 1. The topological polar surface area (TPSA) is 54.3 Å². The van der Waals surface area contributed by atoms with Gasteiger partial charge in [-0.3, -0.25) is 0 Å². The molecule has 0 saturated carbocycles. The minimum Gasteiger partial charge on any atom is -0.379 e. The van der Waals surface area contributed by atoms with Crippen molar-refractivity contribution in [1.29, 1.82) is 5.26 Å². The van der Waals surface area contributed by atoms with Crippen LogP contribution in [-0.2, 0) is 9.47 Å². The highest BCUT2D eigenvalue weighted by molar-refractivity contribution is 5.05. The van der Waals surface area contributed by atoms with Gasteiger partial charge in [-0.2, -0.15) is 5.26 Å². The number of rotatable bonds is 9. The highest BCUT2D eigenvalue weighted by atomic mass is 16.5. The first-order valence-corrected chi connectivity index (χ1v) is 6.71. The molecule has 1 N–H and O–H groups in total. The first kappa shape index (κ1) is 17.4. The van der Waals surface area contributed by atoms with E-state index >= 15 is 0 Å². The first-order chi connectivity index (χ1) is 8.39. The molecule has 0 aliphatic heterocycles. The van der Waals surface area contributed by atoms with Crippen molar-refractivity contribution in [2.24, 2.45) is 0 Å². The summed E-state index contributed by atoms with van der Waals surface area (Å²) in [6.07, 6.45) is 2.52. The van der Waals surface area contributed by atoms with E-state index in [2.05, 4.69) is 11.4 Å². The number of hydrogen-bond donors (Lipinski definition) is 1. The maximum atomic E-state index is 9.13. The molecule has 4 nitrogen and oxygen atoms in total. The van der Waals surface area contributed by atoms with Crippen LogP contribution in [0.1, 0.15) is 47.0 Å². The van der Waals surface area contributed by atoms with Crippen LogP contribution in [0.4, 0.5) is 0 Å². The molecule has 4 heteroatoms. The zero-order valence-electron chi connectivity index (χ0n) is 12.5. The summed E-state index contributed by atoms with van der Waals surface area (Å²) in [7, 11) is 1.84. The summed E-state index contributed by atoms with van der Waals surface area (Å²) in [5, 5.41) is 12.2. The largest absolute Gasteiger partial charge is 0.379 e. The molecule has 0 aliphatic rings. The molecule has 0 aliphatic carbocycles. The van der Waals surface area contributed by atoms with Gasteiger partial charge in [0.2, 0.25) is 0 Å². The minimum atomic E-state index is -0.398. The summed E-state index contributed by atoms with van der Waals surface area (Å²) in [6, 6.07) is 2.35. The van der Waals surface area contributed by atoms with Gasteiger partial charge in [0.05, 0.1) is 24.9 Å². The summed E-state index contributed by atoms with van der Waals surface area (Å²) in [5.41, 5.74) is -0.501. The Labute approximate surface area is 112 Å². The fourth-order valence-electron chi connectivity index (χ4n) is 1.65. The monoisotopic (exact) mass is 256 g/mol. The van der Waals surface area contributed by atoms with E-state index in [1.807, 2.05) is 34.7 Å². The Balaban J connectivity index is 3.60. The van der Waals surface area contributed by atoms with E-state index in [-0.39, 0.29) is 5.60 Å². The van der Waals surface area contributed by atoms with Gasteiger partial charge >= 0.3 is 0 Å². The Hall–Kier alpha value is -0.630. The standard InChI is InChI=1S/C14H28N2O2/c1-6-14(12-15,16-5)8-7-9-17-10-11-18-13(2,3)4/h16H,6-11H2,1-5H3. The van der Waals surface area contributed by atoms with Gasteiger partial charge in [-0.25, -0.2) is 0 Å². The van der Waals surface area contributed by atoms with Crippen molar-refractivity contribution >= 4 is 0 Å². The molecule has 0 spiro atoms. The fourth-order valence-corrected chi connectivity index (χ4v) is 1.65. The van der Waals surface area contributed by atoms with Gasteiger partial charge in [-0.05, 0) is 47.1 Å². The van der Waals surface area contributed by atoms with E-state index in [1.165, 1.54) is 0 Å². The number of nitrogens with zero attached hydrogens (tertiary/aromatic N) is 1. The maximum Gasteiger partial charge on any atom is 0.106 e. The minimum absolute atomic E-state index is 0.104. The third kappa shape index (κ3) is 7.65. The molecule has 1 atom stereocenters. The van der Waals surface area contributed by atoms with Crippen LogP contribution in [0.3, 0.4) is 0 Å². The quantitative estimate of drug-likeness (QED) is 0.644. The Kier molecular flexibility index (Phi) is 8.17. The average molecular weight is 256 g/mol. The molecule has 0 aromatic rings. The molecule has 18 heavy (non-hydrogen) atoms. The number of ether oxygens (including phenoxy) is 2. The summed E-state index contributed by atoms with van der Waals surface area (Å²) in [4.78, 5) is 0. The molecule has 1 unspecified atom stereocenters. The lowest BCUT2D eigenvalue weighted by Crippen LogP contribution is -2.40. The van der Waals surface area contributed by atoms with Crippen LogP contribution in [0.25, 0.3) is 0 Å². The summed E-state index contributed by atoms with van der Waals surface area (Å²) in [6.45, 7) is 10.0. The van der Waals surface area contributed by atoms with E-state index in [9.17, 15) is 0 Å². The summed E-state index contributed by atoms with van der Waals surface area (Å²) < 4.78 is 11.0. The second-order valence-corrected chi connectivity index (χ2v) is 5.47. The van der Waals surface area contributed by atoms with Gasteiger partial charge in [-0.15, -0.1) is 0 Å². The zero-order valence-corrected chi connectivity index (χ0v) is 12.5. The van der Waals surface area contributed by atoms with Gasteiger partial charge in [0.25, 0.3) is 0 Å². The van der Waals surface area contributed by atoms with E-state index in [0.29, 0.717) is 19.8 Å². The Morgan fingerprint density at radius 1 is 1.17 bits per heavy atom. The molecule has 0 fully saturated rings. The van der Waals surface area contributed by atoms with Crippen molar-refractivity contribution in [3.63, 3.8) is 0 Å². The Bertz CT molecular complexity index is 250. The SMILES string of the molecule is CCC(C#N)(CCCOCCOC(C)(C)C)NC. The smallest absolute Gasteiger partial charge is 0.106 e. The summed E-state index contributed by atoms with van der Waals surface area (Å²) >= 11 is 0. The van der Waals surface area contributed by atoms with E-state index < -0.39 is 5.54 Å². The normalized spacial score (nSPS) is 15.1. The van der Waals surface area contributed by atoms with Crippen LogP contribution in [0.15, 0.2) is 0 Å². The lowest BCUT2D eigenvalue weighted by atomic mass is 9.92. The molecule has 0 heterocycles. The molecular formula is C14H28N2O2. The third-order valence-corrected chi connectivity index (χ3v) is 2.95. The maximum absolute atomic E-state index is 9.13. The molecular weight excluding hydrogens is 228 g/mol. The van der Waals surface area contributed by atoms with Crippen molar-refractivity contribution in [3.05, 3.63) is 0 Å². The molecule has 0 rings (SSSR count). The highest BCUT2D eigenvalue weighted by Crippen LogP contribution is 2.15. The van der Waals surface area contributed by atoms with E-state index in [0.717, 1.165) is 19.3 Å². The van der Waals surface area contributed by atoms with Crippen molar-refractivity contribution in [1.82, 2.24) is 5.32 Å². The predicted octanol–water partition coefficient (Wildman–Crippen LogP) is 2.49. The molecule has 0 saturated heterocycles. The van der Waals surface area contributed by atoms with Crippen LogP contribution in [0.2, 0.25) is 0 Å². The van der Waals surface area contributed by atoms with E-state index in [4.69, 9.17) is 14.7 Å². The number of hydrogen-bond acceptors (Lipinski definition) is 4. The Morgan fingerprint density at radius 3 is 2.28 bits per heavy atom.